The number of hydrogen-bond donors (Lipinski definition) is 1. The zero-order valence-corrected chi connectivity index (χ0v) is 22.2. The predicted molar refractivity (Wildman–Crippen MR) is 145 cm³/mol. The van der Waals surface area contributed by atoms with Crippen molar-refractivity contribution in [3.05, 3.63) is 99.7 Å². The third-order valence-corrected chi connectivity index (χ3v) is 6.56. The predicted octanol–water partition coefficient (Wildman–Crippen LogP) is 5.35. The molecule has 4 aromatic rings. The summed E-state index contributed by atoms with van der Waals surface area (Å²) in [6.45, 7) is 1.28. The van der Waals surface area contributed by atoms with Gasteiger partial charge in [-0.25, -0.2) is 13.6 Å². The quantitative estimate of drug-likeness (QED) is 0.290. The zero-order chi connectivity index (χ0) is 29.0. The highest BCUT2D eigenvalue weighted by Crippen LogP contribution is 2.35. The van der Waals surface area contributed by atoms with Gasteiger partial charge in [0.15, 0.2) is 0 Å². The first kappa shape index (κ1) is 28.3. The number of halogens is 3. The maximum Gasteiger partial charge on any atom is 0.328 e. The molecule has 0 unspecified atom stereocenters. The molecule has 0 saturated carbocycles. The van der Waals surface area contributed by atoms with Crippen molar-refractivity contribution >= 4 is 40.2 Å². The third-order valence-electron chi connectivity index (χ3n) is 6.25. The molecule has 1 atom stereocenters. The van der Waals surface area contributed by atoms with Crippen molar-refractivity contribution in [3.63, 3.8) is 0 Å². The average molecular weight is 562 g/mol. The summed E-state index contributed by atoms with van der Waals surface area (Å²) in [6.07, 6.45) is 1.33. The Morgan fingerprint density at radius 1 is 1.07 bits per heavy atom. The molecular formula is C30H22ClF2N3O4. The number of ether oxygens (including phenoxy) is 1. The van der Waals surface area contributed by atoms with E-state index < -0.39 is 35.1 Å². The van der Waals surface area contributed by atoms with E-state index in [2.05, 4.69) is 10.3 Å². The van der Waals surface area contributed by atoms with Crippen molar-refractivity contribution in [1.82, 2.24) is 10.3 Å². The molecule has 7 nitrogen and oxygen atoms in total. The van der Waals surface area contributed by atoms with Crippen LogP contribution < -0.4 is 5.32 Å². The number of methoxy groups -OCH3 is 1. The minimum Gasteiger partial charge on any atom is -0.467 e. The summed E-state index contributed by atoms with van der Waals surface area (Å²) >= 11 is 6.44. The largest absolute Gasteiger partial charge is 0.467 e. The van der Waals surface area contributed by atoms with Crippen molar-refractivity contribution in [2.24, 2.45) is 0 Å². The molecule has 0 fully saturated rings. The zero-order valence-electron chi connectivity index (χ0n) is 21.4. The molecule has 202 valence electrons. The number of carbonyl (C=O) groups is 3. The lowest BCUT2D eigenvalue weighted by Crippen LogP contribution is -2.43. The van der Waals surface area contributed by atoms with Crippen LogP contribution in [-0.4, -0.2) is 35.8 Å². The van der Waals surface area contributed by atoms with Gasteiger partial charge in [-0.3, -0.25) is 14.6 Å². The highest BCUT2D eigenvalue weighted by molar-refractivity contribution is 6.33. The van der Waals surface area contributed by atoms with Gasteiger partial charge in [-0.05, 0) is 48.4 Å². The van der Waals surface area contributed by atoms with E-state index in [-0.39, 0.29) is 24.2 Å². The fourth-order valence-electron chi connectivity index (χ4n) is 4.45. The molecule has 1 N–H and O–H groups in total. The Morgan fingerprint density at radius 2 is 1.77 bits per heavy atom. The van der Waals surface area contributed by atoms with E-state index in [4.69, 9.17) is 21.6 Å². The van der Waals surface area contributed by atoms with Crippen molar-refractivity contribution < 1.29 is 27.9 Å². The Morgan fingerprint density at radius 3 is 2.40 bits per heavy atom. The number of nitrogens with one attached hydrogen (secondary N) is 1. The van der Waals surface area contributed by atoms with E-state index in [0.29, 0.717) is 38.2 Å². The third kappa shape index (κ3) is 5.98. The lowest BCUT2D eigenvalue weighted by molar-refractivity contribution is -0.142. The Bertz CT molecular complexity index is 1680. The summed E-state index contributed by atoms with van der Waals surface area (Å²) in [5.74, 6) is -4.58. The molecule has 0 saturated heterocycles. The Labute approximate surface area is 233 Å². The van der Waals surface area contributed by atoms with Gasteiger partial charge in [-0.15, -0.1) is 0 Å². The van der Waals surface area contributed by atoms with Crippen molar-refractivity contribution in [2.45, 2.75) is 25.8 Å². The van der Waals surface area contributed by atoms with E-state index in [0.717, 1.165) is 19.2 Å². The molecule has 0 radical (unpaired) electrons. The minimum absolute atomic E-state index is 0.0757. The number of Topliss-reactive ketones (excluding diaryl/α,β-unsaturated/α-hetero) is 1. The topological polar surface area (TPSA) is 109 Å². The van der Waals surface area contributed by atoms with Gasteiger partial charge < -0.3 is 10.1 Å². The summed E-state index contributed by atoms with van der Waals surface area (Å²) in [5.41, 5.74) is 2.10. The van der Waals surface area contributed by atoms with Crippen LogP contribution in [0.5, 0.6) is 0 Å². The van der Waals surface area contributed by atoms with Gasteiger partial charge in [-0.1, -0.05) is 35.9 Å². The SMILES string of the molecule is COC(=O)[C@H](Cc1ccc(-c2ccc(C#N)cc2Cl)c2ncccc12)NC(=O)c1c(F)cc(CC(C)=O)cc1F. The molecule has 1 amide bonds. The number of rotatable bonds is 8. The summed E-state index contributed by atoms with van der Waals surface area (Å²) in [7, 11) is 1.13. The Kier molecular flexibility index (Phi) is 8.51. The van der Waals surface area contributed by atoms with Gasteiger partial charge in [0.25, 0.3) is 5.91 Å². The van der Waals surface area contributed by atoms with Crippen LogP contribution in [0.2, 0.25) is 5.02 Å². The highest BCUT2D eigenvalue weighted by atomic mass is 35.5. The molecule has 0 aliphatic carbocycles. The molecule has 0 spiro atoms. The van der Waals surface area contributed by atoms with Crippen LogP contribution >= 0.6 is 11.6 Å². The summed E-state index contributed by atoms with van der Waals surface area (Å²) in [6, 6.07) is 14.4. The number of nitriles is 1. The summed E-state index contributed by atoms with van der Waals surface area (Å²) in [4.78, 5) is 41.4. The highest BCUT2D eigenvalue weighted by Gasteiger charge is 2.27. The summed E-state index contributed by atoms with van der Waals surface area (Å²) < 4.78 is 34.3. The first-order valence-corrected chi connectivity index (χ1v) is 12.4. The first-order valence-electron chi connectivity index (χ1n) is 12.1. The van der Waals surface area contributed by atoms with E-state index >= 15 is 0 Å². The number of carbonyl (C=O) groups excluding carboxylic acids is 3. The number of nitrogens with zero attached hydrogens (tertiary/aromatic N) is 2. The smallest absolute Gasteiger partial charge is 0.328 e. The van der Waals surface area contributed by atoms with Gasteiger partial charge in [0.2, 0.25) is 0 Å². The molecule has 0 bridgehead atoms. The second kappa shape index (κ2) is 12.0. The number of aromatic nitrogens is 1. The second-order valence-electron chi connectivity index (χ2n) is 9.04. The molecular weight excluding hydrogens is 540 g/mol. The van der Waals surface area contributed by atoms with Crippen molar-refractivity contribution in [2.75, 3.05) is 7.11 Å². The van der Waals surface area contributed by atoms with Crippen LogP contribution in [0.1, 0.15) is 34.0 Å². The number of amides is 1. The lowest BCUT2D eigenvalue weighted by Gasteiger charge is -2.19. The van der Waals surface area contributed by atoms with Gasteiger partial charge in [0.05, 0.1) is 24.3 Å². The molecule has 10 heteroatoms. The van der Waals surface area contributed by atoms with Gasteiger partial charge in [-0.2, -0.15) is 5.26 Å². The number of hydrogen-bond acceptors (Lipinski definition) is 6. The van der Waals surface area contributed by atoms with Crippen molar-refractivity contribution in [3.8, 4) is 17.2 Å². The molecule has 3 aromatic carbocycles. The number of ketones is 1. The fourth-order valence-corrected chi connectivity index (χ4v) is 4.73. The van der Waals surface area contributed by atoms with Gasteiger partial charge in [0, 0.05) is 40.6 Å². The second-order valence-corrected chi connectivity index (χ2v) is 9.45. The van der Waals surface area contributed by atoms with E-state index in [1.807, 2.05) is 6.07 Å². The van der Waals surface area contributed by atoms with Crippen LogP contribution in [0, 0.1) is 23.0 Å². The number of pyridine rings is 1. The van der Waals surface area contributed by atoms with Crippen LogP contribution in [0.3, 0.4) is 0 Å². The monoisotopic (exact) mass is 561 g/mol. The van der Waals surface area contributed by atoms with Crippen LogP contribution in [0.4, 0.5) is 8.78 Å². The van der Waals surface area contributed by atoms with Crippen LogP contribution in [-0.2, 0) is 27.2 Å². The van der Waals surface area contributed by atoms with E-state index in [9.17, 15) is 23.2 Å². The van der Waals surface area contributed by atoms with Crippen LogP contribution in [0.15, 0.2) is 60.8 Å². The summed E-state index contributed by atoms with van der Waals surface area (Å²) in [5, 5.41) is 12.5. The minimum atomic E-state index is -1.29. The van der Waals surface area contributed by atoms with E-state index in [1.54, 1.807) is 48.7 Å². The normalized spacial score (nSPS) is 11.5. The number of esters is 1. The molecule has 4 rings (SSSR count). The molecule has 40 heavy (non-hydrogen) atoms. The van der Waals surface area contributed by atoms with Gasteiger partial charge >= 0.3 is 5.97 Å². The lowest BCUT2D eigenvalue weighted by atomic mass is 9.94. The Hall–Kier alpha value is -4.68. The van der Waals surface area contributed by atoms with Crippen molar-refractivity contribution in [1.29, 1.82) is 5.26 Å². The Balaban J connectivity index is 1.69. The van der Waals surface area contributed by atoms with E-state index in [1.165, 1.54) is 6.92 Å². The van der Waals surface area contributed by atoms with Gasteiger partial charge in [0.1, 0.15) is 29.0 Å². The molecule has 1 heterocycles. The molecule has 1 aromatic heterocycles. The molecule has 0 aliphatic heterocycles. The van der Waals surface area contributed by atoms with Crippen LogP contribution in [0.25, 0.3) is 22.0 Å². The fraction of sp³-hybridized carbons (Fsp3) is 0.167. The maximum atomic E-state index is 14.7. The average Bonchev–Trinajstić information content (AvgIpc) is 2.91. The maximum absolute atomic E-state index is 14.7. The first-order chi connectivity index (χ1) is 19.1. The number of fused-ring (bicyclic) bond motifs is 1. The molecule has 0 aliphatic rings. The number of benzene rings is 3. The standard InChI is InChI=1S/C30H22ClF2N3O4/c1-16(37)10-18-12-24(32)27(25(33)13-18)29(38)36-26(30(39)40-2)14-19-6-8-22(28-20(19)4-3-9-35-28)21-7-5-17(15-34)11-23(21)31/h3-9,11-13,26H,10,14H2,1-2H3,(H,36,38)/t26-/m0/s1.